The molecule has 0 bridgehead atoms. The van der Waals surface area contributed by atoms with Gasteiger partial charge in [0.05, 0.1) is 5.69 Å². The van der Waals surface area contributed by atoms with Crippen molar-refractivity contribution in [1.82, 2.24) is 0 Å². The van der Waals surface area contributed by atoms with E-state index in [4.69, 9.17) is 0 Å². The third-order valence-corrected chi connectivity index (χ3v) is 7.32. The third kappa shape index (κ3) is 3.01. The van der Waals surface area contributed by atoms with Crippen LogP contribution in [0.5, 0.6) is 0 Å². The van der Waals surface area contributed by atoms with Crippen molar-refractivity contribution < 1.29 is 4.79 Å². The largest absolute Gasteiger partial charge is 0.310 e. The molecule has 2 nitrogen and oxygen atoms in total. The standard InChI is InChI=1S/C34H23NO/c1-22-11-15-25(16-12-22)35(26-17-13-23(21-36)14-18-26)32-20-19-30-28-8-3-6-24-5-2-7-27(33(24)28)29-9-4-10-31(32)34(29)30/h2-21H,1H3. The Morgan fingerprint density at radius 1 is 0.528 bits per heavy atom. The predicted octanol–water partition coefficient (Wildman–Crippen LogP) is 9.33. The number of benzene rings is 7. The number of carbonyl (C=O) groups is 1. The normalized spacial score (nSPS) is 11.6. The van der Waals surface area contributed by atoms with Crippen LogP contribution in [0.4, 0.5) is 17.1 Å². The van der Waals surface area contributed by atoms with Crippen LogP contribution in [-0.4, -0.2) is 6.29 Å². The van der Waals surface area contributed by atoms with Gasteiger partial charge in [0, 0.05) is 22.3 Å². The molecule has 0 fully saturated rings. The minimum atomic E-state index is 0.671. The van der Waals surface area contributed by atoms with E-state index in [2.05, 4.69) is 103 Å². The van der Waals surface area contributed by atoms with Crippen molar-refractivity contribution >= 4 is 66.4 Å². The molecular weight excluding hydrogens is 438 g/mol. The summed E-state index contributed by atoms with van der Waals surface area (Å²) in [6.45, 7) is 2.10. The summed E-state index contributed by atoms with van der Waals surface area (Å²) in [5.74, 6) is 0. The van der Waals surface area contributed by atoms with Crippen molar-refractivity contribution in [3.63, 3.8) is 0 Å². The van der Waals surface area contributed by atoms with Crippen LogP contribution in [0.1, 0.15) is 15.9 Å². The summed E-state index contributed by atoms with van der Waals surface area (Å²) in [4.78, 5) is 13.6. The number of aldehydes is 1. The zero-order valence-corrected chi connectivity index (χ0v) is 19.9. The second kappa shape index (κ2) is 7.93. The molecule has 0 aliphatic heterocycles. The molecule has 0 aliphatic carbocycles. The zero-order valence-electron chi connectivity index (χ0n) is 19.9. The number of rotatable bonds is 4. The van der Waals surface area contributed by atoms with Crippen LogP contribution in [-0.2, 0) is 0 Å². The molecule has 7 aromatic carbocycles. The number of hydrogen-bond donors (Lipinski definition) is 0. The van der Waals surface area contributed by atoms with Gasteiger partial charge in [-0.25, -0.2) is 0 Å². The summed E-state index contributed by atoms with van der Waals surface area (Å²) in [6.07, 6.45) is 0.889. The second-order valence-corrected chi connectivity index (χ2v) is 9.45. The van der Waals surface area contributed by atoms with E-state index < -0.39 is 0 Å². The topological polar surface area (TPSA) is 20.3 Å². The van der Waals surface area contributed by atoms with Gasteiger partial charge in [-0.05, 0) is 87.1 Å². The van der Waals surface area contributed by atoms with Crippen molar-refractivity contribution in [2.45, 2.75) is 6.92 Å². The quantitative estimate of drug-likeness (QED) is 0.148. The Kier molecular flexibility index (Phi) is 4.55. The van der Waals surface area contributed by atoms with Crippen LogP contribution >= 0.6 is 0 Å². The van der Waals surface area contributed by atoms with Gasteiger partial charge in [-0.3, -0.25) is 4.79 Å². The Morgan fingerprint density at radius 3 is 1.69 bits per heavy atom. The van der Waals surface area contributed by atoms with E-state index in [9.17, 15) is 4.79 Å². The van der Waals surface area contributed by atoms with Crippen molar-refractivity contribution in [3.05, 3.63) is 126 Å². The Balaban J connectivity index is 1.59. The number of aryl methyl sites for hydroxylation is 1. The summed E-state index contributed by atoms with van der Waals surface area (Å²) >= 11 is 0. The monoisotopic (exact) mass is 461 g/mol. The Morgan fingerprint density at radius 2 is 1.06 bits per heavy atom. The minimum absolute atomic E-state index is 0.671. The Labute approximate surface area is 209 Å². The average Bonchev–Trinajstić information content (AvgIpc) is 2.93. The SMILES string of the molecule is Cc1ccc(N(c2ccc(C=O)cc2)c2ccc3c4cccc5cccc(c6cccc2c63)c54)cc1. The molecule has 36 heavy (non-hydrogen) atoms. The van der Waals surface area contributed by atoms with Gasteiger partial charge >= 0.3 is 0 Å². The van der Waals surface area contributed by atoms with Crippen LogP contribution in [0.15, 0.2) is 115 Å². The molecule has 0 heterocycles. The van der Waals surface area contributed by atoms with Gasteiger partial charge in [0.1, 0.15) is 6.29 Å². The van der Waals surface area contributed by atoms with E-state index in [1.54, 1.807) is 0 Å². The van der Waals surface area contributed by atoms with Gasteiger partial charge in [0.25, 0.3) is 0 Å². The highest BCUT2D eigenvalue weighted by Gasteiger charge is 2.19. The first-order chi connectivity index (χ1) is 17.7. The third-order valence-electron chi connectivity index (χ3n) is 7.32. The van der Waals surface area contributed by atoms with Gasteiger partial charge in [0.2, 0.25) is 0 Å². The summed E-state index contributed by atoms with van der Waals surface area (Å²) in [5, 5.41) is 10.2. The molecule has 0 atom stereocenters. The van der Waals surface area contributed by atoms with E-state index in [-0.39, 0.29) is 0 Å². The van der Waals surface area contributed by atoms with Crippen LogP contribution in [0.25, 0.3) is 43.1 Å². The molecule has 0 amide bonds. The van der Waals surface area contributed by atoms with Crippen molar-refractivity contribution in [2.24, 2.45) is 0 Å². The predicted molar refractivity (Wildman–Crippen MR) is 152 cm³/mol. The first-order valence-electron chi connectivity index (χ1n) is 12.2. The smallest absolute Gasteiger partial charge is 0.150 e. The number of fused-ring (bicyclic) bond motifs is 2. The fourth-order valence-electron chi connectivity index (χ4n) is 5.65. The molecule has 7 aromatic rings. The van der Waals surface area contributed by atoms with Gasteiger partial charge in [0.15, 0.2) is 0 Å². The molecule has 0 spiro atoms. The Bertz CT molecular complexity index is 1850. The molecule has 0 unspecified atom stereocenters. The van der Waals surface area contributed by atoms with Gasteiger partial charge < -0.3 is 4.90 Å². The lowest BCUT2D eigenvalue weighted by Gasteiger charge is -2.28. The Hall–Kier alpha value is -4.69. The molecule has 0 radical (unpaired) electrons. The summed E-state index contributed by atoms with van der Waals surface area (Å²) in [7, 11) is 0. The van der Waals surface area contributed by atoms with Crippen LogP contribution in [0.2, 0.25) is 0 Å². The minimum Gasteiger partial charge on any atom is -0.310 e. The number of carbonyl (C=O) groups excluding carboxylic acids is 1. The molecule has 0 aromatic heterocycles. The molecule has 0 saturated heterocycles. The first-order valence-corrected chi connectivity index (χ1v) is 12.2. The van der Waals surface area contributed by atoms with E-state index in [1.807, 2.05) is 24.3 Å². The van der Waals surface area contributed by atoms with Crippen molar-refractivity contribution in [2.75, 3.05) is 4.90 Å². The van der Waals surface area contributed by atoms with Crippen LogP contribution in [0, 0.1) is 6.92 Å². The molecule has 170 valence electrons. The molecule has 0 aliphatic rings. The fourth-order valence-corrected chi connectivity index (χ4v) is 5.65. The molecular formula is C34H23NO. The summed E-state index contributed by atoms with van der Waals surface area (Å²) in [6, 6.07) is 40.8. The van der Waals surface area contributed by atoms with Gasteiger partial charge in [-0.15, -0.1) is 0 Å². The highest BCUT2D eigenvalue weighted by atomic mass is 16.1. The van der Waals surface area contributed by atoms with E-state index in [0.29, 0.717) is 5.56 Å². The maximum atomic E-state index is 11.3. The maximum absolute atomic E-state index is 11.3. The molecule has 7 rings (SSSR count). The number of hydrogen-bond acceptors (Lipinski definition) is 2. The maximum Gasteiger partial charge on any atom is 0.150 e. The average molecular weight is 462 g/mol. The van der Waals surface area contributed by atoms with E-state index in [1.165, 1.54) is 48.7 Å². The van der Waals surface area contributed by atoms with E-state index in [0.717, 1.165) is 23.3 Å². The summed E-state index contributed by atoms with van der Waals surface area (Å²) in [5.41, 5.74) is 5.10. The zero-order chi connectivity index (χ0) is 24.2. The highest BCUT2D eigenvalue weighted by Crippen LogP contribution is 2.45. The fraction of sp³-hybridized carbons (Fsp3) is 0.0294. The second-order valence-electron chi connectivity index (χ2n) is 9.45. The number of anilines is 3. The van der Waals surface area contributed by atoms with Gasteiger partial charge in [-0.1, -0.05) is 78.4 Å². The lowest BCUT2D eigenvalue weighted by Crippen LogP contribution is -2.10. The lowest BCUT2D eigenvalue weighted by atomic mass is 9.89. The molecule has 0 N–H and O–H groups in total. The van der Waals surface area contributed by atoms with Gasteiger partial charge in [-0.2, -0.15) is 0 Å². The lowest BCUT2D eigenvalue weighted by molar-refractivity contribution is 0.112. The number of nitrogens with zero attached hydrogens (tertiary/aromatic N) is 1. The highest BCUT2D eigenvalue weighted by molar-refractivity contribution is 6.34. The van der Waals surface area contributed by atoms with Crippen molar-refractivity contribution in [3.8, 4) is 0 Å². The summed E-state index contributed by atoms with van der Waals surface area (Å²) < 4.78 is 0. The van der Waals surface area contributed by atoms with Crippen LogP contribution in [0.3, 0.4) is 0 Å². The van der Waals surface area contributed by atoms with Crippen molar-refractivity contribution in [1.29, 1.82) is 0 Å². The first kappa shape index (κ1) is 20.7. The molecule has 0 saturated carbocycles. The van der Waals surface area contributed by atoms with Crippen LogP contribution < -0.4 is 4.90 Å². The molecule has 2 heteroatoms. The van der Waals surface area contributed by atoms with E-state index >= 15 is 0 Å².